The number of nitrogens with zero attached hydrogens (tertiary/aromatic N) is 4. The lowest BCUT2D eigenvalue weighted by Gasteiger charge is -2.22. The number of benzene rings is 2. The summed E-state index contributed by atoms with van der Waals surface area (Å²) in [5, 5.41) is 12.7. The third-order valence-corrected chi connectivity index (χ3v) is 4.42. The minimum absolute atomic E-state index is 0.120. The molecule has 1 aromatic heterocycles. The number of hydrogen-bond donors (Lipinski definition) is 0. The molecule has 0 atom stereocenters. The van der Waals surface area contributed by atoms with E-state index in [0.29, 0.717) is 12.4 Å². The molecule has 2 aromatic carbocycles. The van der Waals surface area contributed by atoms with Crippen LogP contribution in [0.4, 0.5) is 4.39 Å². The molecule has 4 nitrogen and oxygen atoms in total. The maximum atomic E-state index is 13.0. The third kappa shape index (κ3) is 3.76. The molecule has 0 saturated carbocycles. The molecule has 1 heterocycles. The van der Waals surface area contributed by atoms with Gasteiger partial charge in [0, 0.05) is 5.56 Å². The second-order valence-electron chi connectivity index (χ2n) is 7.49. The topological polar surface area (TPSA) is 43.6 Å². The maximum Gasteiger partial charge on any atom is 0.204 e. The van der Waals surface area contributed by atoms with E-state index >= 15 is 0 Å². The predicted octanol–water partition coefficient (Wildman–Crippen LogP) is 4.44. The Hall–Kier alpha value is -2.56. The van der Waals surface area contributed by atoms with E-state index in [4.69, 9.17) is 0 Å². The van der Waals surface area contributed by atoms with Crippen LogP contribution in [0, 0.1) is 19.7 Å². The zero-order chi connectivity index (χ0) is 18.2. The van der Waals surface area contributed by atoms with Gasteiger partial charge in [-0.15, -0.1) is 10.2 Å². The van der Waals surface area contributed by atoms with Gasteiger partial charge < -0.3 is 0 Å². The summed E-state index contributed by atoms with van der Waals surface area (Å²) in [6, 6.07) is 10.6. The van der Waals surface area contributed by atoms with Crippen LogP contribution in [-0.4, -0.2) is 20.2 Å². The minimum atomic E-state index is -0.277. The molecule has 0 aliphatic heterocycles. The van der Waals surface area contributed by atoms with E-state index in [2.05, 4.69) is 62.2 Å². The number of halogens is 1. The molecule has 0 bridgehead atoms. The van der Waals surface area contributed by atoms with Crippen molar-refractivity contribution >= 4 is 0 Å². The van der Waals surface area contributed by atoms with Gasteiger partial charge in [-0.3, -0.25) is 0 Å². The van der Waals surface area contributed by atoms with E-state index in [1.165, 1.54) is 34.4 Å². The van der Waals surface area contributed by atoms with Crippen molar-refractivity contribution in [2.45, 2.75) is 46.6 Å². The van der Waals surface area contributed by atoms with Crippen molar-refractivity contribution in [1.29, 1.82) is 0 Å². The first-order chi connectivity index (χ1) is 11.7. The quantitative estimate of drug-likeness (QED) is 0.709. The highest BCUT2D eigenvalue weighted by molar-refractivity contribution is 5.53. The lowest BCUT2D eigenvalue weighted by molar-refractivity contribution is 0.565. The van der Waals surface area contributed by atoms with Crippen molar-refractivity contribution in [2.75, 3.05) is 0 Å². The Labute approximate surface area is 147 Å². The second-order valence-corrected chi connectivity index (χ2v) is 7.49. The van der Waals surface area contributed by atoms with Gasteiger partial charge in [-0.25, -0.2) is 4.39 Å². The van der Waals surface area contributed by atoms with Gasteiger partial charge in [-0.2, -0.15) is 4.80 Å². The van der Waals surface area contributed by atoms with Crippen LogP contribution in [0.3, 0.4) is 0 Å². The van der Waals surface area contributed by atoms with E-state index in [0.717, 1.165) is 5.56 Å². The van der Waals surface area contributed by atoms with Gasteiger partial charge >= 0.3 is 0 Å². The molecule has 130 valence electrons. The Bertz CT molecular complexity index is 866. The summed E-state index contributed by atoms with van der Waals surface area (Å²) in [6.45, 7) is 11.5. The highest BCUT2D eigenvalue weighted by Gasteiger charge is 2.17. The molecule has 0 amide bonds. The normalized spacial score (nSPS) is 11.8. The van der Waals surface area contributed by atoms with Crippen LogP contribution in [-0.2, 0) is 12.0 Å². The van der Waals surface area contributed by atoms with Crippen LogP contribution in [0.5, 0.6) is 0 Å². The van der Waals surface area contributed by atoms with Crippen LogP contribution >= 0.6 is 0 Å². The highest BCUT2D eigenvalue weighted by Crippen LogP contribution is 2.27. The van der Waals surface area contributed by atoms with Crippen molar-refractivity contribution in [3.63, 3.8) is 0 Å². The number of aryl methyl sites for hydroxylation is 2. The molecule has 3 rings (SSSR count). The summed E-state index contributed by atoms with van der Waals surface area (Å²) >= 11 is 0. The van der Waals surface area contributed by atoms with E-state index < -0.39 is 0 Å². The smallest absolute Gasteiger partial charge is 0.204 e. The first kappa shape index (κ1) is 17.3. The molecule has 0 aliphatic rings. The Balaban J connectivity index is 1.87. The Kier molecular flexibility index (Phi) is 4.41. The lowest BCUT2D eigenvalue weighted by atomic mass is 9.84. The molecule has 25 heavy (non-hydrogen) atoms. The molecule has 0 aliphatic carbocycles. The summed E-state index contributed by atoms with van der Waals surface area (Å²) in [7, 11) is 0. The summed E-state index contributed by atoms with van der Waals surface area (Å²) < 4.78 is 13.0. The number of tetrazole rings is 1. The summed E-state index contributed by atoms with van der Waals surface area (Å²) in [6.07, 6.45) is 0. The van der Waals surface area contributed by atoms with E-state index in [1.54, 1.807) is 16.9 Å². The SMILES string of the molecule is Cc1cc(C(C)(C)C)cc(C)c1Cn1nnc(-c2ccc(F)cc2)n1. The zero-order valence-corrected chi connectivity index (χ0v) is 15.3. The van der Waals surface area contributed by atoms with Gasteiger partial charge in [0.2, 0.25) is 5.82 Å². The standard InChI is InChI=1S/C20H23FN4/c1-13-10-16(20(3,4)5)11-14(2)18(13)12-25-23-19(22-24-25)15-6-8-17(21)9-7-15/h6-11H,12H2,1-5H3. The van der Waals surface area contributed by atoms with Crippen molar-refractivity contribution in [1.82, 2.24) is 20.2 Å². The molecule has 0 spiro atoms. The van der Waals surface area contributed by atoms with E-state index in [9.17, 15) is 4.39 Å². The Morgan fingerprint density at radius 3 is 2.16 bits per heavy atom. The fourth-order valence-electron chi connectivity index (χ4n) is 2.84. The van der Waals surface area contributed by atoms with Crippen LogP contribution in [0.2, 0.25) is 0 Å². The highest BCUT2D eigenvalue weighted by atomic mass is 19.1. The van der Waals surface area contributed by atoms with Crippen LogP contribution in [0.25, 0.3) is 11.4 Å². The molecule has 0 radical (unpaired) electrons. The Morgan fingerprint density at radius 1 is 1.00 bits per heavy atom. The zero-order valence-electron chi connectivity index (χ0n) is 15.3. The first-order valence-corrected chi connectivity index (χ1v) is 8.38. The van der Waals surface area contributed by atoms with Gasteiger partial charge in [0.15, 0.2) is 0 Å². The first-order valence-electron chi connectivity index (χ1n) is 8.38. The molecule has 0 unspecified atom stereocenters. The predicted molar refractivity (Wildman–Crippen MR) is 96.9 cm³/mol. The molecule has 0 fully saturated rings. The van der Waals surface area contributed by atoms with Crippen LogP contribution in [0.15, 0.2) is 36.4 Å². The summed E-state index contributed by atoms with van der Waals surface area (Å²) in [4.78, 5) is 1.59. The summed E-state index contributed by atoms with van der Waals surface area (Å²) in [5.41, 5.74) is 5.86. The fourth-order valence-corrected chi connectivity index (χ4v) is 2.84. The van der Waals surface area contributed by atoms with Gasteiger partial charge in [-0.05, 0) is 71.0 Å². The summed E-state index contributed by atoms with van der Waals surface area (Å²) in [5.74, 6) is 0.225. The molecule has 0 saturated heterocycles. The van der Waals surface area contributed by atoms with Crippen molar-refractivity contribution in [3.8, 4) is 11.4 Å². The van der Waals surface area contributed by atoms with E-state index in [1.807, 2.05) is 0 Å². The third-order valence-electron chi connectivity index (χ3n) is 4.42. The average molecular weight is 338 g/mol. The van der Waals surface area contributed by atoms with Gasteiger partial charge in [-0.1, -0.05) is 32.9 Å². The minimum Gasteiger partial charge on any atom is -0.207 e. The second kappa shape index (κ2) is 6.39. The van der Waals surface area contributed by atoms with Crippen molar-refractivity contribution in [3.05, 3.63) is 64.5 Å². The lowest BCUT2D eigenvalue weighted by Crippen LogP contribution is -2.14. The average Bonchev–Trinajstić information content (AvgIpc) is 2.99. The monoisotopic (exact) mass is 338 g/mol. The molecule has 3 aromatic rings. The van der Waals surface area contributed by atoms with Crippen LogP contribution < -0.4 is 0 Å². The van der Waals surface area contributed by atoms with Gasteiger partial charge in [0.05, 0.1) is 6.54 Å². The number of rotatable bonds is 3. The molecular formula is C20H23FN4. The molecule has 0 N–H and O–H groups in total. The van der Waals surface area contributed by atoms with Crippen LogP contribution in [0.1, 0.15) is 43.0 Å². The van der Waals surface area contributed by atoms with Gasteiger partial charge in [0.1, 0.15) is 5.82 Å². The van der Waals surface area contributed by atoms with Crippen molar-refractivity contribution in [2.24, 2.45) is 0 Å². The molecular weight excluding hydrogens is 315 g/mol. The number of aromatic nitrogens is 4. The number of hydrogen-bond acceptors (Lipinski definition) is 3. The fraction of sp³-hybridized carbons (Fsp3) is 0.350. The Morgan fingerprint density at radius 2 is 1.60 bits per heavy atom. The van der Waals surface area contributed by atoms with E-state index in [-0.39, 0.29) is 11.2 Å². The van der Waals surface area contributed by atoms with Crippen molar-refractivity contribution < 1.29 is 4.39 Å². The maximum absolute atomic E-state index is 13.0. The van der Waals surface area contributed by atoms with Gasteiger partial charge in [0.25, 0.3) is 0 Å². The largest absolute Gasteiger partial charge is 0.207 e. The molecule has 5 heteroatoms.